The molecular formula is C21H30N6O3. The number of hydrogen-bond acceptors (Lipinski definition) is 7. The molecule has 4 rings (SSSR count). The zero-order valence-electron chi connectivity index (χ0n) is 17.4. The molecule has 1 saturated heterocycles. The number of hydrogen-bond donors (Lipinski definition) is 2. The molecule has 2 fully saturated rings. The highest BCUT2D eigenvalue weighted by Gasteiger charge is 2.28. The molecule has 1 saturated carbocycles. The molecule has 1 aliphatic carbocycles. The van der Waals surface area contributed by atoms with E-state index in [4.69, 9.17) is 0 Å². The number of rotatable bonds is 5. The molecule has 0 radical (unpaired) electrons. The van der Waals surface area contributed by atoms with E-state index in [1.54, 1.807) is 19.2 Å². The standard InChI is InChI=1S/C21H30N6O3/c1-25-14-23-18(12-21(25)30)22-13-15-6-4-5-11-26(15)19-9-10-20(29)27(24-19)16-7-2-3-8-17(16)28/h9-10,12,14-17,22,28H,2-8,11,13H2,1H3. The summed E-state index contributed by atoms with van der Waals surface area (Å²) in [6, 6.07) is 4.76. The fourth-order valence-corrected chi connectivity index (χ4v) is 4.48. The average molecular weight is 415 g/mol. The van der Waals surface area contributed by atoms with Crippen LogP contribution in [0.5, 0.6) is 0 Å². The molecule has 2 N–H and O–H groups in total. The average Bonchev–Trinajstić information content (AvgIpc) is 2.76. The van der Waals surface area contributed by atoms with Gasteiger partial charge in [0.1, 0.15) is 11.6 Å². The van der Waals surface area contributed by atoms with Crippen molar-refractivity contribution in [3.05, 3.63) is 45.2 Å². The van der Waals surface area contributed by atoms with Gasteiger partial charge in [-0.05, 0) is 38.2 Å². The number of nitrogens with one attached hydrogen (secondary N) is 1. The first kappa shape index (κ1) is 20.6. The summed E-state index contributed by atoms with van der Waals surface area (Å²) >= 11 is 0. The normalized spacial score (nSPS) is 24.6. The minimum absolute atomic E-state index is 0.104. The zero-order valence-corrected chi connectivity index (χ0v) is 17.4. The van der Waals surface area contributed by atoms with Crippen LogP contribution in [-0.4, -0.2) is 49.7 Å². The maximum Gasteiger partial charge on any atom is 0.267 e. The monoisotopic (exact) mass is 414 g/mol. The van der Waals surface area contributed by atoms with Crippen LogP contribution in [0.4, 0.5) is 11.6 Å². The molecule has 3 heterocycles. The summed E-state index contributed by atoms with van der Waals surface area (Å²) in [5.74, 6) is 1.32. The van der Waals surface area contributed by atoms with Crippen LogP contribution in [0, 0.1) is 0 Å². The molecule has 1 aliphatic heterocycles. The Kier molecular flexibility index (Phi) is 6.17. The lowest BCUT2D eigenvalue weighted by atomic mass is 9.93. The van der Waals surface area contributed by atoms with Crippen molar-refractivity contribution >= 4 is 11.6 Å². The van der Waals surface area contributed by atoms with Gasteiger partial charge in [-0.1, -0.05) is 12.8 Å². The zero-order chi connectivity index (χ0) is 21.1. The molecule has 0 bridgehead atoms. The second-order valence-electron chi connectivity index (χ2n) is 8.34. The van der Waals surface area contributed by atoms with Crippen LogP contribution in [-0.2, 0) is 7.05 Å². The van der Waals surface area contributed by atoms with Gasteiger partial charge in [0.15, 0.2) is 0 Å². The molecule has 3 unspecified atom stereocenters. The van der Waals surface area contributed by atoms with Gasteiger partial charge in [-0.2, -0.15) is 5.10 Å². The van der Waals surface area contributed by atoms with E-state index in [1.807, 2.05) is 0 Å². The summed E-state index contributed by atoms with van der Waals surface area (Å²) in [5, 5.41) is 18.3. The molecule has 3 atom stereocenters. The van der Waals surface area contributed by atoms with Crippen LogP contribution in [0.15, 0.2) is 34.1 Å². The molecule has 2 aliphatic rings. The summed E-state index contributed by atoms with van der Waals surface area (Å²) in [7, 11) is 1.67. The van der Waals surface area contributed by atoms with E-state index in [2.05, 4.69) is 20.3 Å². The van der Waals surface area contributed by atoms with Gasteiger partial charge in [-0.3, -0.25) is 9.59 Å². The fourth-order valence-electron chi connectivity index (χ4n) is 4.48. The number of nitrogens with zero attached hydrogens (tertiary/aromatic N) is 5. The first-order valence-corrected chi connectivity index (χ1v) is 10.8. The molecule has 162 valence electrons. The van der Waals surface area contributed by atoms with Crippen molar-refractivity contribution in [2.75, 3.05) is 23.3 Å². The van der Waals surface area contributed by atoms with Gasteiger partial charge in [-0.25, -0.2) is 9.67 Å². The summed E-state index contributed by atoms with van der Waals surface area (Å²) in [6.45, 7) is 1.49. The van der Waals surface area contributed by atoms with Gasteiger partial charge < -0.3 is 19.9 Å². The third kappa shape index (κ3) is 4.40. The Morgan fingerprint density at radius 3 is 2.70 bits per heavy atom. The molecule has 9 heteroatoms. The van der Waals surface area contributed by atoms with E-state index < -0.39 is 6.10 Å². The van der Waals surface area contributed by atoms with Crippen molar-refractivity contribution in [3.8, 4) is 0 Å². The van der Waals surface area contributed by atoms with Crippen molar-refractivity contribution in [3.63, 3.8) is 0 Å². The SMILES string of the molecule is Cn1cnc(NCC2CCCCN2c2ccc(=O)n(C3CCCCC3O)n2)cc1=O. The van der Waals surface area contributed by atoms with E-state index in [-0.39, 0.29) is 23.2 Å². The Labute approximate surface area is 175 Å². The highest BCUT2D eigenvalue weighted by molar-refractivity contribution is 5.41. The molecule has 0 aromatic carbocycles. The second kappa shape index (κ2) is 8.99. The predicted molar refractivity (Wildman–Crippen MR) is 115 cm³/mol. The highest BCUT2D eigenvalue weighted by atomic mass is 16.3. The van der Waals surface area contributed by atoms with Crippen molar-refractivity contribution in [2.45, 2.75) is 63.1 Å². The Morgan fingerprint density at radius 2 is 1.90 bits per heavy atom. The van der Waals surface area contributed by atoms with Crippen molar-refractivity contribution in [2.24, 2.45) is 7.05 Å². The maximum atomic E-state index is 12.5. The Bertz CT molecular complexity index is 987. The first-order valence-electron chi connectivity index (χ1n) is 10.8. The van der Waals surface area contributed by atoms with Crippen molar-refractivity contribution in [1.82, 2.24) is 19.3 Å². The van der Waals surface area contributed by atoms with E-state index in [9.17, 15) is 14.7 Å². The predicted octanol–water partition coefficient (Wildman–Crippen LogP) is 1.28. The number of aliphatic hydroxyl groups excluding tert-OH is 1. The van der Waals surface area contributed by atoms with E-state index in [1.165, 1.54) is 21.6 Å². The summed E-state index contributed by atoms with van der Waals surface area (Å²) in [5.41, 5.74) is -0.270. The van der Waals surface area contributed by atoms with Crippen LogP contribution in [0.3, 0.4) is 0 Å². The minimum atomic E-state index is -0.523. The minimum Gasteiger partial charge on any atom is -0.391 e. The molecule has 30 heavy (non-hydrogen) atoms. The highest BCUT2D eigenvalue weighted by Crippen LogP contribution is 2.28. The Balaban J connectivity index is 1.53. The smallest absolute Gasteiger partial charge is 0.267 e. The molecule has 0 spiro atoms. The lowest BCUT2D eigenvalue weighted by molar-refractivity contribution is 0.0669. The molecule has 9 nitrogen and oxygen atoms in total. The van der Waals surface area contributed by atoms with Crippen molar-refractivity contribution in [1.29, 1.82) is 0 Å². The third-order valence-corrected chi connectivity index (χ3v) is 6.24. The van der Waals surface area contributed by atoms with Gasteiger partial charge in [-0.15, -0.1) is 0 Å². The third-order valence-electron chi connectivity index (χ3n) is 6.24. The summed E-state index contributed by atoms with van der Waals surface area (Å²) in [4.78, 5) is 30.8. The number of anilines is 2. The topological polar surface area (TPSA) is 105 Å². The quantitative estimate of drug-likeness (QED) is 0.759. The van der Waals surface area contributed by atoms with Crippen LogP contribution >= 0.6 is 0 Å². The molecule has 0 amide bonds. The maximum absolute atomic E-state index is 12.5. The Hall–Kier alpha value is -2.68. The molecular weight excluding hydrogens is 384 g/mol. The molecule has 2 aromatic heterocycles. The van der Waals surface area contributed by atoms with Crippen LogP contribution in [0.25, 0.3) is 0 Å². The van der Waals surface area contributed by atoms with E-state index in [0.29, 0.717) is 18.8 Å². The largest absolute Gasteiger partial charge is 0.391 e. The number of piperidine rings is 1. The van der Waals surface area contributed by atoms with Crippen LogP contribution < -0.4 is 21.3 Å². The molecule has 2 aromatic rings. The number of aromatic nitrogens is 4. The van der Waals surface area contributed by atoms with Crippen LogP contribution in [0.1, 0.15) is 51.0 Å². The van der Waals surface area contributed by atoms with Crippen LogP contribution in [0.2, 0.25) is 0 Å². The fraction of sp³-hybridized carbons (Fsp3) is 0.619. The lowest BCUT2D eigenvalue weighted by Crippen LogP contribution is -2.45. The van der Waals surface area contributed by atoms with Gasteiger partial charge >= 0.3 is 0 Å². The van der Waals surface area contributed by atoms with E-state index in [0.717, 1.165) is 50.9 Å². The van der Waals surface area contributed by atoms with Gasteiger partial charge in [0.25, 0.3) is 11.1 Å². The van der Waals surface area contributed by atoms with Gasteiger partial charge in [0.05, 0.1) is 18.5 Å². The lowest BCUT2D eigenvalue weighted by Gasteiger charge is -2.37. The summed E-state index contributed by atoms with van der Waals surface area (Å²) in [6.07, 6.45) is 7.63. The van der Waals surface area contributed by atoms with Gasteiger partial charge in [0, 0.05) is 38.3 Å². The number of aliphatic hydroxyl groups is 1. The second-order valence-corrected chi connectivity index (χ2v) is 8.34. The first-order chi connectivity index (χ1) is 14.5. The summed E-state index contributed by atoms with van der Waals surface area (Å²) < 4.78 is 2.92. The van der Waals surface area contributed by atoms with Crippen molar-refractivity contribution < 1.29 is 5.11 Å². The van der Waals surface area contributed by atoms with Gasteiger partial charge in [0.2, 0.25) is 0 Å². The van der Waals surface area contributed by atoms with E-state index >= 15 is 0 Å². The number of aryl methyl sites for hydroxylation is 1. The Morgan fingerprint density at radius 1 is 1.10 bits per heavy atom.